The molecular weight excluding hydrogens is 265 g/mol. The highest BCUT2D eigenvalue weighted by Gasteiger charge is 2.27. The number of benzene rings is 1. The van der Waals surface area contributed by atoms with Crippen LogP contribution in [0.25, 0.3) is 0 Å². The molecule has 0 spiro atoms. The van der Waals surface area contributed by atoms with Crippen LogP contribution in [-0.4, -0.2) is 23.7 Å². The topological polar surface area (TPSA) is 55.1 Å². The summed E-state index contributed by atoms with van der Waals surface area (Å²) in [5, 5.41) is 2.43. The van der Waals surface area contributed by atoms with Gasteiger partial charge in [0.15, 0.2) is 0 Å². The van der Waals surface area contributed by atoms with E-state index in [0.29, 0.717) is 5.69 Å². The SMILES string of the molecule is Nc1ccc(CC(=O)NCCSC(F)(F)F)cc1. The van der Waals surface area contributed by atoms with E-state index in [-0.39, 0.29) is 36.4 Å². The molecule has 0 bridgehead atoms. The van der Waals surface area contributed by atoms with E-state index in [4.69, 9.17) is 5.73 Å². The van der Waals surface area contributed by atoms with Crippen molar-refractivity contribution in [2.24, 2.45) is 0 Å². The fourth-order valence-corrected chi connectivity index (χ4v) is 1.68. The Morgan fingerprint density at radius 3 is 2.44 bits per heavy atom. The molecule has 100 valence electrons. The molecule has 0 saturated heterocycles. The molecule has 3 N–H and O–H groups in total. The molecule has 0 aliphatic rings. The molecule has 0 aliphatic carbocycles. The summed E-state index contributed by atoms with van der Waals surface area (Å²) in [7, 11) is 0. The van der Waals surface area contributed by atoms with Gasteiger partial charge in [-0.15, -0.1) is 0 Å². The summed E-state index contributed by atoms with van der Waals surface area (Å²) in [5.41, 5.74) is 2.60. The molecule has 1 rings (SSSR count). The monoisotopic (exact) mass is 278 g/mol. The Bertz CT molecular complexity index is 392. The molecular formula is C11H13F3N2OS. The van der Waals surface area contributed by atoms with Crippen molar-refractivity contribution in [2.45, 2.75) is 11.9 Å². The summed E-state index contributed by atoms with van der Waals surface area (Å²) in [5.74, 6) is -0.487. The first-order chi connectivity index (χ1) is 8.37. The molecule has 0 fully saturated rings. The van der Waals surface area contributed by atoms with Crippen LogP contribution in [0.2, 0.25) is 0 Å². The molecule has 0 aliphatic heterocycles. The third-order valence-electron chi connectivity index (χ3n) is 2.03. The van der Waals surface area contributed by atoms with Crippen LogP contribution in [0.3, 0.4) is 0 Å². The third-order valence-corrected chi connectivity index (χ3v) is 2.77. The van der Waals surface area contributed by atoms with Gasteiger partial charge in [0, 0.05) is 18.0 Å². The lowest BCUT2D eigenvalue weighted by Crippen LogP contribution is -2.27. The van der Waals surface area contributed by atoms with Crippen LogP contribution < -0.4 is 11.1 Å². The Kier molecular flexibility index (Phi) is 5.33. The Labute approximate surface area is 107 Å². The third kappa shape index (κ3) is 6.39. The molecule has 1 amide bonds. The van der Waals surface area contributed by atoms with E-state index in [1.165, 1.54) is 0 Å². The highest BCUT2D eigenvalue weighted by Crippen LogP contribution is 2.29. The van der Waals surface area contributed by atoms with Crippen LogP contribution in [0, 0.1) is 0 Å². The second-order valence-electron chi connectivity index (χ2n) is 3.56. The molecule has 7 heteroatoms. The fraction of sp³-hybridized carbons (Fsp3) is 0.364. The average Bonchev–Trinajstić information content (AvgIpc) is 2.26. The van der Waals surface area contributed by atoms with Crippen molar-refractivity contribution in [2.75, 3.05) is 18.0 Å². The van der Waals surface area contributed by atoms with Crippen LogP contribution in [0.5, 0.6) is 0 Å². The van der Waals surface area contributed by atoms with Gasteiger partial charge < -0.3 is 11.1 Å². The van der Waals surface area contributed by atoms with E-state index in [0.717, 1.165) is 5.56 Å². The second-order valence-corrected chi connectivity index (χ2v) is 4.72. The number of rotatable bonds is 5. The Morgan fingerprint density at radius 1 is 1.28 bits per heavy atom. The molecule has 3 nitrogen and oxygen atoms in total. The van der Waals surface area contributed by atoms with E-state index < -0.39 is 5.51 Å². The number of nitrogens with one attached hydrogen (secondary N) is 1. The molecule has 0 heterocycles. The predicted octanol–water partition coefficient (Wildman–Crippen LogP) is 2.18. The van der Waals surface area contributed by atoms with Gasteiger partial charge in [0.25, 0.3) is 0 Å². The number of hydrogen-bond acceptors (Lipinski definition) is 3. The molecule has 0 atom stereocenters. The highest BCUT2D eigenvalue weighted by molar-refractivity contribution is 8.00. The lowest BCUT2D eigenvalue weighted by molar-refractivity contribution is -0.120. The molecule has 0 radical (unpaired) electrons. The minimum atomic E-state index is -4.25. The van der Waals surface area contributed by atoms with E-state index >= 15 is 0 Å². The number of nitrogens with two attached hydrogens (primary N) is 1. The predicted molar refractivity (Wildman–Crippen MR) is 66.1 cm³/mol. The van der Waals surface area contributed by atoms with Crippen LogP contribution in [-0.2, 0) is 11.2 Å². The van der Waals surface area contributed by atoms with Gasteiger partial charge in [0.05, 0.1) is 6.42 Å². The first-order valence-corrected chi connectivity index (χ1v) is 6.17. The summed E-state index contributed by atoms with van der Waals surface area (Å²) in [6.45, 7) is -0.00200. The standard InChI is InChI=1S/C11H13F3N2OS/c12-11(13,14)18-6-5-16-10(17)7-8-1-3-9(15)4-2-8/h1-4H,5-7,15H2,(H,16,17). The quantitative estimate of drug-likeness (QED) is 0.641. The van der Waals surface area contributed by atoms with E-state index in [2.05, 4.69) is 5.32 Å². The summed E-state index contributed by atoms with van der Waals surface area (Å²) in [4.78, 5) is 11.4. The van der Waals surface area contributed by atoms with Gasteiger partial charge in [-0.3, -0.25) is 4.79 Å². The molecule has 18 heavy (non-hydrogen) atoms. The van der Waals surface area contributed by atoms with Crippen LogP contribution in [0.4, 0.5) is 18.9 Å². The lowest BCUT2D eigenvalue weighted by Gasteiger charge is -2.07. The van der Waals surface area contributed by atoms with Gasteiger partial charge in [0.2, 0.25) is 5.91 Å². The smallest absolute Gasteiger partial charge is 0.399 e. The minimum absolute atomic E-state index is 0.00200. The average molecular weight is 278 g/mol. The maximum atomic E-state index is 11.8. The number of alkyl halides is 3. The maximum Gasteiger partial charge on any atom is 0.441 e. The summed E-state index contributed by atoms with van der Waals surface area (Å²) < 4.78 is 35.4. The molecule has 0 aromatic heterocycles. The summed E-state index contributed by atoms with van der Waals surface area (Å²) in [6.07, 6.45) is 0.136. The van der Waals surface area contributed by atoms with Crippen molar-refractivity contribution < 1.29 is 18.0 Å². The van der Waals surface area contributed by atoms with E-state index in [1.807, 2.05) is 0 Å². The van der Waals surface area contributed by atoms with Crippen molar-refractivity contribution in [3.63, 3.8) is 0 Å². The Hall–Kier alpha value is -1.37. The molecule has 1 aromatic rings. The normalized spacial score (nSPS) is 11.3. The van der Waals surface area contributed by atoms with Crippen molar-refractivity contribution in [3.05, 3.63) is 29.8 Å². The van der Waals surface area contributed by atoms with Gasteiger partial charge in [-0.2, -0.15) is 13.2 Å². The van der Waals surface area contributed by atoms with E-state index in [1.54, 1.807) is 24.3 Å². The fourth-order valence-electron chi connectivity index (χ4n) is 1.24. The number of carbonyl (C=O) groups is 1. The van der Waals surface area contributed by atoms with Gasteiger partial charge in [0.1, 0.15) is 0 Å². The first-order valence-electron chi connectivity index (χ1n) is 5.18. The maximum absolute atomic E-state index is 11.8. The first kappa shape index (κ1) is 14.7. The Morgan fingerprint density at radius 2 is 1.89 bits per heavy atom. The number of amides is 1. The van der Waals surface area contributed by atoms with Crippen molar-refractivity contribution in [1.29, 1.82) is 0 Å². The van der Waals surface area contributed by atoms with E-state index in [9.17, 15) is 18.0 Å². The number of nitrogen functional groups attached to an aromatic ring is 1. The highest BCUT2D eigenvalue weighted by atomic mass is 32.2. The van der Waals surface area contributed by atoms with Crippen LogP contribution in [0.1, 0.15) is 5.56 Å². The molecule has 0 saturated carbocycles. The Balaban J connectivity index is 2.24. The van der Waals surface area contributed by atoms with Crippen LogP contribution in [0.15, 0.2) is 24.3 Å². The second kappa shape index (κ2) is 6.53. The van der Waals surface area contributed by atoms with Gasteiger partial charge in [-0.05, 0) is 29.5 Å². The zero-order valence-electron chi connectivity index (χ0n) is 9.46. The number of hydrogen-bond donors (Lipinski definition) is 2. The number of thioether (sulfide) groups is 1. The van der Waals surface area contributed by atoms with Crippen LogP contribution >= 0.6 is 11.8 Å². The van der Waals surface area contributed by atoms with Crippen molar-refractivity contribution in [1.82, 2.24) is 5.32 Å². The largest absolute Gasteiger partial charge is 0.441 e. The molecule has 1 aromatic carbocycles. The zero-order chi connectivity index (χ0) is 13.6. The molecule has 0 unspecified atom stereocenters. The number of carbonyl (C=O) groups excluding carboxylic acids is 1. The lowest BCUT2D eigenvalue weighted by atomic mass is 10.1. The van der Waals surface area contributed by atoms with Gasteiger partial charge in [-0.1, -0.05) is 12.1 Å². The van der Waals surface area contributed by atoms with Crippen molar-refractivity contribution in [3.8, 4) is 0 Å². The summed E-state index contributed by atoms with van der Waals surface area (Å²) in [6, 6.07) is 6.75. The number of halogens is 3. The zero-order valence-corrected chi connectivity index (χ0v) is 10.3. The van der Waals surface area contributed by atoms with Gasteiger partial charge in [-0.25, -0.2) is 0 Å². The van der Waals surface area contributed by atoms with Crippen molar-refractivity contribution >= 4 is 23.4 Å². The number of anilines is 1. The van der Waals surface area contributed by atoms with Gasteiger partial charge >= 0.3 is 5.51 Å². The summed E-state index contributed by atoms with van der Waals surface area (Å²) >= 11 is -0.147. The minimum Gasteiger partial charge on any atom is -0.399 e.